The lowest BCUT2D eigenvalue weighted by Crippen LogP contribution is -2.60. The van der Waals surface area contributed by atoms with Gasteiger partial charge < -0.3 is 14.6 Å². The summed E-state index contributed by atoms with van der Waals surface area (Å²) in [4.78, 5) is 62.9. The summed E-state index contributed by atoms with van der Waals surface area (Å²) in [7, 11) is 3.67. The number of rotatable bonds is 2. The molecule has 10 nitrogen and oxygen atoms in total. The molecule has 2 heterocycles. The van der Waals surface area contributed by atoms with Gasteiger partial charge in [0.05, 0.1) is 26.1 Å². The van der Waals surface area contributed by atoms with Gasteiger partial charge in [-0.15, -0.1) is 23.2 Å². The Morgan fingerprint density at radius 3 is 2.41 bits per heavy atom. The van der Waals surface area contributed by atoms with Crippen LogP contribution in [0.5, 0.6) is 11.5 Å². The number of hydrogen-bond donors (Lipinski definition) is 1. The van der Waals surface area contributed by atoms with E-state index >= 15 is 0 Å². The van der Waals surface area contributed by atoms with Crippen molar-refractivity contribution in [1.29, 1.82) is 0 Å². The third-order valence-corrected chi connectivity index (χ3v) is 9.84. The van der Waals surface area contributed by atoms with Crippen LogP contribution in [0.4, 0.5) is 4.79 Å². The molecule has 5 rings (SSSR count). The Balaban J connectivity index is 1.76. The second-order valence-electron chi connectivity index (χ2n) is 9.53. The first-order valence-corrected chi connectivity index (χ1v) is 12.8. The largest absolute Gasteiger partial charge is 0.504 e. The van der Waals surface area contributed by atoms with E-state index in [0.717, 1.165) is 12.0 Å². The van der Waals surface area contributed by atoms with E-state index in [2.05, 4.69) is 20.7 Å². The van der Waals surface area contributed by atoms with Crippen molar-refractivity contribution in [3.8, 4) is 11.5 Å². The molecule has 0 bridgehead atoms. The summed E-state index contributed by atoms with van der Waals surface area (Å²) in [5.41, 5.74) is 0.617. The Morgan fingerprint density at radius 1 is 1.11 bits per heavy atom. The number of halogens is 3. The molecule has 1 saturated carbocycles. The lowest BCUT2D eigenvalue weighted by atomic mass is 9.56. The molecule has 1 N–H and O–H groups in total. The van der Waals surface area contributed by atoms with Crippen LogP contribution in [0.3, 0.4) is 0 Å². The molecule has 1 aromatic rings. The van der Waals surface area contributed by atoms with Crippen molar-refractivity contribution in [2.45, 2.75) is 28.5 Å². The summed E-state index contributed by atoms with van der Waals surface area (Å²) < 4.78 is 10.4. The minimum Gasteiger partial charge on any atom is -0.504 e. The molecule has 2 saturated heterocycles. The van der Waals surface area contributed by atoms with Crippen molar-refractivity contribution in [2.24, 2.45) is 17.8 Å². The van der Waals surface area contributed by atoms with Crippen LogP contribution in [-0.4, -0.2) is 75.6 Å². The highest BCUT2D eigenvalue weighted by Crippen LogP contribution is 2.66. The van der Waals surface area contributed by atoms with Crippen molar-refractivity contribution in [3.63, 3.8) is 0 Å². The first-order valence-electron chi connectivity index (χ1n) is 11.3. The van der Waals surface area contributed by atoms with Crippen molar-refractivity contribution in [2.75, 3.05) is 21.3 Å². The fourth-order valence-corrected chi connectivity index (χ4v) is 7.80. The summed E-state index contributed by atoms with van der Waals surface area (Å²) in [6.45, 7) is 0. The molecular weight excluding hydrogens is 595 g/mol. The second kappa shape index (κ2) is 8.44. The number of phenolic OH excluding ortho intramolecular Hbond substituents is 1. The number of ether oxygens (including phenoxy) is 2. The summed E-state index contributed by atoms with van der Waals surface area (Å²) in [6, 6.07) is 3.05. The Bertz CT molecular complexity index is 1330. The Kier molecular flexibility index (Phi) is 5.93. The Hall–Kier alpha value is -2.63. The minimum absolute atomic E-state index is 0.0667. The van der Waals surface area contributed by atoms with Crippen molar-refractivity contribution >= 4 is 68.9 Å². The number of aromatic hydroxyl groups is 1. The number of methoxy groups -OCH3 is 2. The SMILES string of the molecule is COC(=O)N1C(=O)C2CC=C3C(CC4(Cl)C(=O)N(C)C(=O)C4(Cl)C3c3cc(Br)cc(OC)c3O)C2C1=O. The van der Waals surface area contributed by atoms with E-state index in [1.54, 1.807) is 6.08 Å². The average molecular weight is 616 g/mol. The van der Waals surface area contributed by atoms with Gasteiger partial charge in [-0.1, -0.05) is 27.6 Å². The van der Waals surface area contributed by atoms with Crippen LogP contribution < -0.4 is 4.74 Å². The van der Waals surface area contributed by atoms with Crippen LogP contribution >= 0.6 is 39.1 Å². The summed E-state index contributed by atoms with van der Waals surface area (Å²) in [6.07, 6.45) is 0.409. The maximum atomic E-state index is 13.6. The number of fused-ring (bicyclic) bond motifs is 4. The molecule has 1 aromatic carbocycles. The van der Waals surface area contributed by atoms with E-state index in [1.807, 2.05) is 0 Å². The van der Waals surface area contributed by atoms with Gasteiger partial charge in [-0.3, -0.25) is 24.1 Å². The average Bonchev–Trinajstić information content (AvgIpc) is 3.20. The van der Waals surface area contributed by atoms with Crippen LogP contribution in [0, 0.1) is 17.8 Å². The highest BCUT2D eigenvalue weighted by molar-refractivity contribution is 9.10. The van der Waals surface area contributed by atoms with Crippen LogP contribution in [0.2, 0.25) is 0 Å². The first kappa shape index (κ1) is 26.0. The number of alkyl halides is 2. The fraction of sp³-hybridized carbons (Fsp3) is 0.458. The van der Waals surface area contributed by atoms with Gasteiger partial charge in [0.1, 0.15) is 0 Å². The molecule has 37 heavy (non-hydrogen) atoms. The van der Waals surface area contributed by atoms with E-state index in [-0.39, 0.29) is 29.9 Å². The molecule has 6 atom stereocenters. The molecular formula is C24H21BrCl2N2O8. The van der Waals surface area contributed by atoms with Crippen molar-refractivity contribution in [1.82, 2.24) is 9.80 Å². The highest BCUT2D eigenvalue weighted by Gasteiger charge is 2.76. The highest BCUT2D eigenvalue weighted by atomic mass is 79.9. The van der Waals surface area contributed by atoms with Gasteiger partial charge in [0, 0.05) is 23.0 Å². The van der Waals surface area contributed by atoms with E-state index in [4.69, 9.17) is 27.9 Å². The monoisotopic (exact) mass is 614 g/mol. The van der Waals surface area contributed by atoms with Crippen LogP contribution in [0.15, 0.2) is 28.3 Å². The summed E-state index contributed by atoms with van der Waals surface area (Å²) in [5.74, 6) is -7.20. The third-order valence-electron chi connectivity index (χ3n) is 7.97. The number of benzene rings is 1. The molecule has 196 valence electrons. The number of allylic oxidation sites excluding steroid dienone is 2. The predicted molar refractivity (Wildman–Crippen MR) is 132 cm³/mol. The van der Waals surface area contributed by atoms with Gasteiger partial charge >= 0.3 is 6.09 Å². The second-order valence-corrected chi connectivity index (χ2v) is 11.7. The number of imide groups is 4. The first-order chi connectivity index (χ1) is 17.3. The minimum atomic E-state index is -2.06. The van der Waals surface area contributed by atoms with Gasteiger partial charge in [-0.05, 0) is 30.9 Å². The number of amides is 5. The molecule has 2 aliphatic carbocycles. The van der Waals surface area contributed by atoms with Crippen molar-refractivity contribution in [3.05, 3.63) is 33.8 Å². The standard InChI is InChI=1S/C24H21BrCl2N2O8/c1-28-20(33)23(26)8-13-10(4-5-11-15(13)19(32)29(18(11)31)22(35)37-3)16(24(23,27)21(28)34)12-6-9(25)7-14(36-2)17(12)30/h4,6-7,11,13,15-16,30H,5,8H2,1-3H3. The van der Waals surface area contributed by atoms with Gasteiger partial charge in [0.15, 0.2) is 21.2 Å². The van der Waals surface area contributed by atoms with E-state index < -0.39 is 63.1 Å². The molecule has 0 aromatic heterocycles. The predicted octanol–water partition coefficient (Wildman–Crippen LogP) is 2.92. The zero-order chi connectivity index (χ0) is 27.2. The molecule has 6 unspecified atom stereocenters. The maximum absolute atomic E-state index is 13.6. The molecule has 0 spiro atoms. The smallest absolute Gasteiger partial charge is 0.423 e. The molecule has 4 aliphatic rings. The molecule has 2 aliphatic heterocycles. The maximum Gasteiger partial charge on any atom is 0.423 e. The Labute approximate surface area is 229 Å². The van der Waals surface area contributed by atoms with Gasteiger partial charge in [-0.2, -0.15) is 4.90 Å². The summed E-state index contributed by atoms with van der Waals surface area (Å²) >= 11 is 17.5. The number of carbonyl (C=O) groups excluding carboxylic acids is 5. The molecule has 0 radical (unpaired) electrons. The zero-order valence-corrected chi connectivity index (χ0v) is 22.9. The fourth-order valence-electron chi connectivity index (χ4n) is 6.33. The van der Waals surface area contributed by atoms with Gasteiger partial charge in [-0.25, -0.2) is 4.79 Å². The van der Waals surface area contributed by atoms with Crippen molar-refractivity contribution < 1.29 is 38.6 Å². The normalized spacial score (nSPS) is 34.7. The third kappa shape index (κ3) is 3.13. The molecule has 13 heteroatoms. The van der Waals surface area contributed by atoms with Crippen LogP contribution in [0.1, 0.15) is 24.3 Å². The number of carbonyl (C=O) groups is 5. The Morgan fingerprint density at radius 2 is 1.78 bits per heavy atom. The molecule has 5 amide bonds. The van der Waals surface area contributed by atoms with E-state index in [0.29, 0.717) is 14.9 Å². The van der Waals surface area contributed by atoms with Crippen LogP contribution in [0.25, 0.3) is 0 Å². The summed E-state index contributed by atoms with van der Waals surface area (Å²) in [5, 5.41) is 11.1. The molecule has 3 fully saturated rings. The van der Waals surface area contributed by atoms with Gasteiger partial charge in [0.2, 0.25) is 11.8 Å². The lowest BCUT2D eigenvalue weighted by molar-refractivity contribution is -0.139. The number of likely N-dealkylation sites (tertiary alicyclic amines) is 2. The zero-order valence-electron chi connectivity index (χ0n) is 19.8. The number of hydrogen-bond acceptors (Lipinski definition) is 8. The van der Waals surface area contributed by atoms with Gasteiger partial charge in [0.25, 0.3) is 11.8 Å². The topological polar surface area (TPSA) is 131 Å². The van der Waals surface area contributed by atoms with E-state index in [9.17, 15) is 29.1 Å². The van der Waals surface area contributed by atoms with E-state index in [1.165, 1.54) is 26.3 Å². The quantitative estimate of drug-likeness (QED) is 0.305. The number of phenols is 1. The number of nitrogens with zero attached hydrogens (tertiary/aromatic N) is 2. The van der Waals surface area contributed by atoms with Crippen LogP contribution in [-0.2, 0) is 23.9 Å². The lowest BCUT2D eigenvalue weighted by Gasteiger charge is -2.50.